The van der Waals surface area contributed by atoms with Crippen LogP contribution in [0.2, 0.25) is 0 Å². The molecule has 0 saturated heterocycles. The van der Waals surface area contributed by atoms with Crippen LogP contribution in [0.4, 0.5) is 32.0 Å². The van der Waals surface area contributed by atoms with Crippen LogP contribution < -0.4 is 5.32 Å². The number of benzene rings is 2. The van der Waals surface area contributed by atoms with Gasteiger partial charge in [0.05, 0.1) is 22.5 Å². The molecule has 9 heteroatoms. The van der Waals surface area contributed by atoms with Crippen molar-refractivity contribution in [3.05, 3.63) is 82.4 Å². The van der Waals surface area contributed by atoms with E-state index < -0.39 is 40.8 Å². The van der Waals surface area contributed by atoms with Gasteiger partial charge in [0.2, 0.25) is 0 Å². The van der Waals surface area contributed by atoms with E-state index >= 15 is 0 Å². The summed E-state index contributed by atoms with van der Waals surface area (Å²) < 4.78 is 81.6. The second kappa shape index (κ2) is 7.31. The molecule has 0 bridgehead atoms. The van der Waals surface area contributed by atoms with Gasteiger partial charge >= 0.3 is 6.18 Å². The number of halogens is 6. The van der Waals surface area contributed by atoms with Crippen LogP contribution in [0.5, 0.6) is 0 Å². The lowest BCUT2D eigenvalue weighted by Gasteiger charge is -2.17. The molecule has 0 aliphatic heterocycles. The summed E-state index contributed by atoms with van der Waals surface area (Å²) >= 11 is 0. The van der Waals surface area contributed by atoms with Crippen molar-refractivity contribution >= 4 is 11.6 Å². The fraction of sp³-hybridized carbons (Fsp3) is 0.150. The third-order valence-corrected chi connectivity index (χ3v) is 4.41. The number of carbonyl (C=O) groups is 1. The number of nitrogens with one attached hydrogen (secondary N) is 1. The van der Waals surface area contributed by atoms with Crippen molar-refractivity contribution in [3.8, 4) is 5.69 Å². The Morgan fingerprint density at radius 2 is 1.62 bits per heavy atom. The maximum absolute atomic E-state index is 13.8. The molecule has 1 heterocycles. The summed E-state index contributed by atoms with van der Waals surface area (Å²) in [7, 11) is 0. The predicted octanol–water partition coefficient (Wildman–Crippen LogP) is 5.78. The van der Waals surface area contributed by atoms with Gasteiger partial charge in [-0.25, -0.2) is 13.2 Å². The lowest BCUT2D eigenvalue weighted by atomic mass is 10.1. The summed E-state index contributed by atoms with van der Waals surface area (Å²) in [5.74, 6) is -5.61. The highest BCUT2D eigenvalue weighted by molar-refractivity contribution is 6.05. The number of aryl methyl sites for hydroxylation is 1. The van der Waals surface area contributed by atoms with E-state index in [0.29, 0.717) is 11.8 Å². The molecule has 0 spiro atoms. The van der Waals surface area contributed by atoms with Crippen molar-refractivity contribution in [1.29, 1.82) is 0 Å². The predicted molar refractivity (Wildman–Crippen MR) is 94.5 cm³/mol. The molecule has 3 aromatic rings. The summed E-state index contributed by atoms with van der Waals surface area (Å²) in [6.45, 7) is 2.94. The number of anilines is 1. The summed E-state index contributed by atoms with van der Waals surface area (Å²) in [5, 5.41) is 2.12. The van der Waals surface area contributed by atoms with Crippen molar-refractivity contribution in [1.82, 2.24) is 4.57 Å². The van der Waals surface area contributed by atoms with Crippen LogP contribution in [0.25, 0.3) is 5.69 Å². The fourth-order valence-corrected chi connectivity index (χ4v) is 3.08. The van der Waals surface area contributed by atoms with E-state index in [1.807, 2.05) is 0 Å². The second-order valence-corrected chi connectivity index (χ2v) is 6.31. The molecule has 0 saturated carbocycles. The Labute approximate surface area is 161 Å². The molecule has 3 rings (SSSR count). The van der Waals surface area contributed by atoms with Crippen molar-refractivity contribution in [2.75, 3.05) is 5.32 Å². The number of amides is 1. The number of rotatable bonds is 3. The van der Waals surface area contributed by atoms with Crippen LogP contribution in [0.15, 0.2) is 42.5 Å². The second-order valence-electron chi connectivity index (χ2n) is 6.31. The number of carbonyl (C=O) groups excluding carboxylic acids is 1. The summed E-state index contributed by atoms with van der Waals surface area (Å²) in [4.78, 5) is 12.5. The Morgan fingerprint density at radius 1 is 0.966 bits per heavy atom. The maximum atomic E-state index is 13.8. The van der Waals surface area contributed by atoms with Crippen LogP contribution >= 0.6 is 0 Å². The number of hydrogen-bond donors (Lipinski definition) is 1. The van der Waals surface area contributed by atoms with E-state index in [4.69, 9.17) is 0 Å². The molecule has 1 N–H and O–H groups in total. The fourth-order valence-electron chi connectivity index (χ4n) is 3.08. The average molecular weight is 412 g/mol. The Hall–Kier alpha value is -3.23. The van der Waals surface area contributed by atoms with Gasteiger partial charge in [-0.15, -0.1) is 0 Å². The smallest absolute Gasteiger partial charge is 0.319 e. The highest BCUT2D eigenvalue weighted by Gasteiger charge is 2.34. The van der Waals surface area contributed by atoms with Gasteiger partial charge in [0, 0.05) is 11.4 Å². The lowest BCUT2D eigenvalue weighted by Crippen LogP contribution is -2.16. The SMILES string of the molecule is Cc1cc(C(=O)Nc2ccc(F)c(F)c2F)c(C)n1-c1ccccc1C(F)(F)F. The molecule has 0 atom stereocenters. The highest BCUT2D eigenvalue weighted by atomic mass is 19.4. The average Bonchev–Trinajstić information content (AvgIpc) is 2.95. The summed E-state index contributed by atoms with van der Waals surface area (Å²) in [5.41, 5.74) is -1.19. The molecule has 1 amide bonds. The molecule has 3 nitrogen and oxygen atoms in total. The van der Waals surface area contributed by atoms with E-state index in [-0.39, 0.29) is 16.9 Å². The van der Waals surface area contributed by atoms with Crippen molar-refractivity contribution in [2.24, 2.45) is 0 Å². The van der Waals surface area contributed by atoms with Gasteiger partial charge in [0.15, 0.2) is 17.5 Å². The van der Waals surface area contributed by atoms with Crippen molar-refractivity contribution in [2.45, 2.75) is 20.0 Å². The largest absolute Gasteiger partial charge is 0.418 e. The quantitative estimate of drug-likeness (QED) is 0.429. The first-order valence-electron chi connectivity index (χ1n) is 8.32. The summed E-state index contributed by atoms with van der Waals surface area (Å²) in [6, 6.07) is 7.69. The normalized spacial score (nSPS) is 11.6. The van der Waals surface area contributed by atoms with Crippen LogP contribution in [-0.2, 0) is 6.18 Å². The number of alkyl halides is 3. The number of nitrogens with zero attached hydrogens (tertiary/aromatic N) is 1. The topological polar surface area (TPSA) is 34.0 Å². The third kappa shape index (κ3) is 3.72. The van der Waals surface area contributed by atoms with Gasteiger partial charge in [0.25, 0.3) is 5.91 Å². The van der Waals surface area contributed by atoms with Crippen LogP contribution in [0.1, 0.15) is 27.3 Å². The first kappa shape index (κ1) is 20.5. The molecule has 0 fully saturated rings. The third-order valence-electron chi connectivity index (χ3n) is 4.41. The maximum Gasteiger partial charge on any atom is 0.418 e. The lowest BCUT2D eigenvalue weighted by molar-refractivity contribution is -0.137. The van der Waals surface area contributed by atoms with E-state index in [1.165, 1.54) is 42.7 Å². The minimum absolute atomic E-state index is 0.0383. The number of hydrogen-bond acceptors (Lipinski definition) is 1. The van der Waals surface area contributed by atoms with E-state index in [1.54, 1.807) is 0 Å². The Kier molecular flexibility index (Phi) is 5.16. The van der Waals surface area contributed by atoms with Gasteiger partial charge in [-0.3, -0.25) is 4.79 Å². The highest BCUT2D eigenvalue weighted by Crippen LogP contribution is 2.35. The van der Waals surface area contributed by atoms with Gasteiger partial charge in [-0.1, -0.05) is 12.1 Å². The molecule has 1 aromatic heterocycles. The van der Waals surface area contributed by atoms with Gasteiger partial charge in [0.1, 0.15) is 0 Å². The van der Waals surface area contributed by atoms with E-state index in [2.05, 4.69) is 5.32 Å². The number of aromatic nitrogens is 1. The van der Waals surface area contributed by atoms with Crippen molar-refractivity contribution in [3.63, 3.8) is 0 Å². The molecule has 0 unspecified atom stereocenters. The van der Waals surface area contributed by atoms with Crippen molar-refractivity contribution < 1.29 is 31.1 Å². The number of para-hydroxylation sites is 1. The first-order chi connectivity index (χ1) is 13.5. The van der Waals surface area contributed by atoms with E-state index in [0.717, 1.165) is 12.1 Å². The first-order valence-corrected chi connectivity index (χ1v) is 8.32. The zero-order chi connectivity index (χ0) is 21.5. The van der Waals surface area contributed by atoms with Crippen LogP contribution in [0, 0.1) is 31.3 Å². The van der Waals surface area contributed by atoms with Gasteiger partial charge in [-0.05, 0) is 44.2 Å². The minimum Gasteiger partial charge on any atom is -0.319 e. The molecule has 0 aliphatic rings. The standard InChI is InChI=1S/C20H14F6N2O/c1-10-9-12(19(29)27-15-8-7-14(21)17(22)18(15)23)11(2)28(10)16-6-4-3-5-13(16)20(24,25)26/h3-9H,1-2H3,(H,27,29). The summed E-state index contributed by atoms with van der Waals surface area (Å²) in [6.07, 6.45) is -4.61. The monoisotopic (exact) mass is 412 g/mol. The van der Waals surface area contributed by atoms with Crippen LogP contribution in [-0.4, -0.2) is 10.5 Å². The molecular formula is C20H14F6N2O. The molecule has 29 heavy (non-hydrogen) atoms. The minimum atomic E-state index is -4.61. The zero-order valence-electron chi connectivity index (χ0n) is 15.2. The molecular weight excluding hydrogens is 398 g/mol. The van der Waals surface area contributed by atoms with Gasteiger partial charge < -0.3 is 9.88 Å². The molecule has 152 valence electrons. The van der Waals surface area contributed by atoms with Crippen LogP contribution in [0.3, 0.4) is 0 Å². The Bertz CT molecular complexity index is 1100. The van der Waals surface area contributed by atoms with E-state index in [9.17, 15) is 31.1 Å². The Balaban J connectivity index is 2.04. The Morgan fingerprint density at radius 3 is 2.28 bits per heavy atom. The molecule has 2 aromatic carbocycles. The van der Waals surface area contributed by atoms with Gasteiger partial charge in [-0.2, -0.15) is 13.2 Å². The zero-order valence-corrected chi connectivity index (χ0v) is 15.2. The molecule has 0 aliphatic carbocycles. The molecule has 0 radical (unpaired) electrons.